The molecule has 1 N–H and O–H groups in total. The van der Waals surface area contributed by atoms with Gasteiger partial charge in [0.2, 0.25) is 0 Å². The molecule has 180 valence electrons. The lowest BCUT2D eigenvalue weighted by Gasteiger charge is -2.44. The van der Waals surface area contributed by atoms with Gasteiger partial charge in [0, 0.05) is 25.0 Å². The molecule has 0 aromatic heterocycles. The Morgan fingerprint density at radius 2 is 1.84 bits per heavy atom. The van der Waals surface area contributed by atoms with Crippen LogP contribution in [0, 0.1) is 0 Å². The summed E-state index contributed by atoms with van der Waals surface area (Å²) in [6.45, 7) is 2.52. The lowest BCUT2D eigenvalue weighted by Crippen LogP contribution is -2.50. The van der Waals surface area contributed by atoms with Gasteiger partial charge in [-0.25, -0.2) is 0 Å². The largest absolute Gasteiger partial charge is 0.573 e. The first-order valence-electron chi connectivity index (χ1n) is 10.6. The Bertz CT molecular complexity index is 670. The quantitative estimate of drug-likeness (QED) is 0.596. The predicted molar refractivity (Wildman–Crippen MR) is 122 cm³/mol. The Balaban J connectivity index is 0.00000240. The van der Waals surface area contributed by atoms with Crippen LogP contribution in [-0.4, -0.2) is 66.6 Å². The summed E-state index contributed by atoms with van der Waals surface area (Å²) in [6.07, 6.45) is 1.89. The van der Waals surface area contributed by atoms with Crippen LogP contribution in [0.2, 0.25) is 0 Å². The molecule has 1 saturated carbocycles. The van der Waals surface area contributed by atoms with E-state index in [1.165, 1.54) is 12.1 Å². The second-order valence-electron chi connectivity index (χ2n) is 8.86. The van der Waals surface area contributed by atoms with E-state index < -0.39 is 12.0 Å². The third kappa shape index (κ3) is 7.97. The van der Waals surface area contributed by atoms with Crippen molar-refractivity contribution in [2.24, 2.45) is 0 Å². The minimum Gasteiger partial charge on any atom is -0.406 e. The van der Waals surface area contributed by atoms with E-state index in [1.54, 1.807) is 6.07 Å². The number of halogens is 5. The highest BCUT2D eigenvalue weighted by Gasteiger charge is 2.40. The highest BCUT2D eigenvalue weighted by molar-refractivity contribution is 5.85. The van der Waals surface area contributed by atoms with Gasteiger partial charge in [-0.05, 0) is 64.0 Å². The first kappa shape index (κ1) is 28.3. The highest BCUT2D eigenvalue weighted by atomic mass is 35.5. The topological polar surface area (TPSA) is 35.9 Å². The van der Waals surface area contributed by atoms with Crippen molar-refractivity contribution in [3.63, 3.8) is 0 Å². The minimum absolute atomic E-state index is 0. The molecule has 1 aromatic carbocycles. The van der Waals surface area contributed by atoms with E-state index in [-0.39, 0.29) is 36.5 Å². The van der Waals surface area contributed by atoms with Crippen molar-refractivity contribution in [3.05, 3.63) is 29.8 Å². The Morgan fingerprint density at radius 3 is 2.45 bits per heavy atom. The van der Waals surface area contributed by atoms with Gasteiger partial charge >= 0.3 is 6.36 Å². The van der Waals surface area contributed by atoms with Crippen LogP contribution in [-0.2, 0) is 0 Å². The van der Waals surface area contributed by atoms with Gasteiger partial charge in [0.25, 0.3) is 0 Å². The van der Waals surface area contributed by atoms with Crippen molar-refractivity contribution in [2.45, 2.75) is 68.9 Å². The van der Waals surface area contributed by atoms with Crippen LogP contribution in [0.25, 0.3) is 0 Å². The highest BCUT2D eigenvalue weighted by Crippen LogP contribution is 2.42. The molecule has 3 rings (SSSR count). The molecule has 2 fully saturated rings. The maximum Gasteiger partial charge on any atom is 0.573 e. The predicted octanol–water partition coefficient (Wildman–Crippen LogP) is 5.23. The number of likely N-dealkylation sites (tertiary alicyclic amines) is 1. The van der Waals surface area contributed by atoms with E-state index in [1.807, 2.05) is 6.07 Å². The fourth-order valence-corrected chi connectivity index (χ4v) is 4.90. The summed E-state index contributed by atoms with van der Waals surface area (Å²) < 4.78 is 42.3. The van der Waals surface area contributed by atoms with E-state index in [4.69, 9.17) is 0 Å². The van der Waals surface area contributed by atoms with Crippen molar-refractivity contribution < 1.29 is 23.0 Å². The second-order valence-corrected chi connectivity index (χ2v) is 8.86. The number of hydrogen-bond donors (Lipinski definition) is 1. The van der Waals surface area contributed by atoms with Gasteiger partial charge in [0.1, 0.15) is 5.75 Å². The summed E-state index contributed by atoms with van der Waals surface area (Å²) in [6, 6.07) is 6.66. The number of nitrogens with zero attached hydrogens (tertiary/aromatic N) is 2. The Hall–Kier alpha value is -0.730. The molecule has 9 heteroatoms. The zero-order valence-corrected chi connectivity index (χ0v) is 19.9. The molecule has 1 heterocycles. The van der Waals surface area contributed by atoms with Crippen LogP contribution < -0.4 is 4.74 Å². The van der Waals surface area contributed by atoms with Crippen molar-refractivity contribution in [2.75, 3.05) is 33.7 Å². The van der Waals surface area contributed by atoms with Gasteiger partial charge in [0.05, 0.1) is 5.60 Å². The van der Waals surface area contributed by atoms with E-state index in [0.717, 1.165) is 50.8 Å². The third-order valence-corrected chi connectivity index (χ3v) is 6.51. The van der Waals surface area contributed by atoms with E-state index in [2.05, 4.69) is 28.6 Å². The smallest absolute Gasteiger partial charge is 0.406 e. The summed E-state index contributed by atoms with van der Waals surface area (Å²) in [5.74, 6) is -0.454. The molecular formula is C22H35Cl2F3N2O2. The van der Waals surface area contributed by atoms with Gasteiger partial charge < -0.3 is 19.6 Å². The summed E-state index contributed by atoms with van der Waals surface area (Å²) in [7, 11) is 4.16. The van der Waals surface area contributed by atoms with E-state index >= 15 is 0 Å². The number of aliphatic hydroxyl groups is 1. The number of likely N-dealkylation sites (N-methyl/N-ethyl adjacent to an activating group) is 1. The van der Waals surface area contributed by atoms with Crippen molar-refractivity contribution in [1.82, 2.24) is 9.80 Å². The van der Waals surface area contributed by atoms with Crippen LogP contribution in [0.5, 0.6) is 5.75 Å². The molecule has 4 nitrogen and oxygen atoms in total. The second kappa shape index (κ2) is 11.9. The molecule has 2 atom stereocenters. The van der Waals surface area contributed by atoms with Crippen LogP contribution in [0.1, 0.15) is 56.4 Å². The summed E-state index contributed by atoms with van der Waals surface area (Å²) in [5, 5.41) is 11.5. The first-order chi connectivity index (χ1) is 13.7. The molecular weight excluding hydrogens is 452 g/mol. The molecule has 1 aromatic rings. The number of piperidine rings is 1. The molecule has 1 aliphatic carbocycles. The van der Waals surface area contributed by atoms with E-state index in [9.17, 15) is 18.3 Å². The van der Waals surface area contributed by atoms with Gasteiger partial charge in [-0.1, -0.05) is 31.4 Å². The average Bonchev–Trinajstić information content (AvgIpc) is 2.65. The maximum atomic E-state index is 12.7. The SMILES string of the molecule is CN(C)[C@@H]1CCCN(CC(c2cccc(OC(F)(F)F)c2)C2(O)CCCCC2)C1.Cl.Cl. The lowest BCUT2D eigenvalue weighted by atomic mass is 9.72. The number of alkyl halides is 3. The summed E-state index contributed by atoms with van der Waals surface area (Å²) in [4.78, 5) is 4.59. The fourth-order valence-electron chi connectivity index (χ4n) is 4.90. The number of rotatable bonds is 6. The van der Waals surface area contributed by atoms with Crippen molar-refractivity contribution in [1.29, 1.82) is 0 Å². The monoisotopic (exact) mass is 486 g/mol. The molecule has 0 bridgehead atoms. The van der Waals surface area contributed by atoms with Crippen LogP contribution in [0.3, 0.4) is 0 Å². The molecule has 1 aliphatic heterocycles. The van der Waals surface area contributed by atoms with Gasteiger partial charge in [-0.15, -0.1) is 38.0 Å². The van der Waals surface area contributed by atoms with Crippen LogP contribution >= 0.6 is 24.8 Å². The first-order valence-corrected chi connectivity index (χ1v) is 10.6. The summed E-state index contributed by atoms with van der Waals surface area (Å²) >= 11 is 0. The number of ether oxygens (including phenoxy) is 1. The van der Waals surface area contributed by atoms with Gasteiger partial charge in [0.15, 0.2) is 0 Å². The molecule has 0 spiro atoms. The molecule has 1 unspecified atom stereocenters. The standard InChI is InChI=1S/C22H33F3N2O2.2ClH/c1-26(2)18-9-7-13-27(15-18)16-20(21(28)11-4-3-5-12-21)17-8-6-10-19(14-17)29-22(23,24)25;;/h6,8,10,14,18,20,28H,3-5,7,9,11-13,15-16H2,1-2H3;2*1H/t18-,20?;;/m1../s1. The number of hydrogen-bond acceptors (Lipinski definition) is 4. The third-order valence-electron chi connectivity index (χ3n) is 6.51. The zero-order chi connectivity index (χ0) is 21.1. The lowest BCUT2D eigenvalue weighted by molar-refractivity contribution is -0.274. The molecule has 0 radical (unpaired) electrons. The van der Waals surface area contributed by atoms with Crippen LogP contribution in [0.4, 0.5) is 13.2 Å². The zero-order valence-electron chi connectivity index (χ0n) is 18.2. The maximum absolute atomic E-state index is 12.7. The Morgan fingerprint density at radius 1 is 1.16 bits per heavy atom. The van der Waals surface area contributed by atoms with Gasteiger partial charge in [-0.3, -0.25) is 0 Å². The Kier molecular flexibility index (Phi) is 10.9. The van der Waals surface area contributed by atoms with E-state index in [0.29, 0.717) is 25.4 Å². The normalized spacial score (nSPS) is 22.9. The molecule has 2 aliphatic rings. The molecule has 0 amide bonds. The molecule has 1 saturated heterocycles. The van der Waals surface area contributed by atoms with Crippen LogP contribution in [0.15, 0.2) is 24.3 Å². The minimum atomic E-state index is -4.72. The number of benzene rings is 1. The van der Waals surface area contributed by atoms with Crippen molar-refractivity contribution >= 4 is 24.8 Å². The molecule has 31 heavy (non-hydrogen) atoms. The fraction of sp³-hybridized carbons (Fsp3) is 0.727. The van der Waals surface area contributed by atoms with Gasteiger partial charge in [-0.2, -0.15) is 0 Å². The summed E-state index contributed by atoms with van der Waals surface area (Å²) in [5.41, 5.74) is -0.164. The average molecular weight is 487 g/mol. The van der Waals surface area contributed by atoms with Crippen molar-refractivity contribution in [3.8, 4) is 5.75 Å². The Labute approximate surface area is 195 Å².